The van der Waals surface area contributed by atoms with Crippen LogP contribution in [0.5, 0.6) is 0 Å². The van der Waals surface area contributed by atoms with Crippen LogP contribution >= 0.6 is 35.0 Å². The molecule has 5 rings (SSSR count). The molecule has 0 spiro atoms. The molecule has 4 aromatic carbocycles. The number of thioether (sulfide) groups is 1. The van der Waals surface area contributed by atoms with Crippen LogP contribution in [0.25, 0.3) is 11.1 Å². The van der Waals surface area contributed by atoms with E-state index in [4.69, 9.17) is 23.2 Å². The number of Topliss-reactive ketones (excluding diaryl/α,β-unsaturated/α-hetero) is 1. The molecule has 0 heterocycles. The number of benzene rings is 4. The Kier molecular flexibility index (Phi) is 6.46. The van der Waals surface area contributed by atoms with E-state index in [1.807, 2.05) is 30.3 Å². The second-order valence-electron chi connectivity index (χ2n) is 8.02. The normalized spacial score (nSPS) is 11.6. The standard InChI is InChI=1S/C28H19Cl2NO2S/c29-20-6-12-25(26(30)15-20)28(33)31-21-7-9-22(10-8-21)34-16-27(32)18-5-11-24-19(14-18)13-17-3-1-2-4-23(17)24/h1-12,14-15H,13,16H2,(H,31,33). The van der Waals surface area contributed by atoms with Gasteiger partial charge in [-0.2, -0.15) is 0 Å². The molecular formula is C28H19Cl2NO2S. The van der Waals surface area contributed by atoms with Crippen molar-refractivity contribution in [2.24, 2.45) is 0 Å². The zero-order valence-electron chi connectivity index (χ0n) is 18.0. The Morgan fingerprint density at radius 2 is 1.59 bits per heavy atom. The van der Waals surface area contributed by atoms with Crippen LogP contribution in [0.3, 0.4) is 0 Å². The van der Waals surface area contributed by atoms with Crippen molar-refractivity contribution in [3.05, 3.63) is 117 Å². The van der Waals surface area contributed by atoms with Crippen LogP contribution in [0.4, 0.5) is 5.69 Å². The van der Waals surface area contributed by atoms with Gasteiger partial charge in [-0.15, -0.1) is 11.8 Å². The molecule has 1 aliphatic rings. The molecule has 34 heavy (non-hydrogen) atoms. The number of halogens is 2. The van der Waals surface area contributed by atoms with Gasteiger partial charge in [0, 0.05) is 21.2 Å². The summed E-state index contributed by atoms with van der Waals surface area (Å²) in [5, 5.41) is 3.60. The summed E-state index contributed by atoms with van der Waals surface area (Å²) >= 11 is 13.5. The molecule has 0 aliphatic heterocycles. The molecule has 1 amide bonds. The molecule has 0 aromatic heterocycles. The van der Waals surface area contributed by atoms with Crippen molar-refractivity contribution in [2.75, 3.05) is 11.1 Å². The lowest BCUT2D eigenvalue weighted by Gasteiger charge is -2.08. The largest absolute Gasteiger partial charge is 0.322 e. The quantitative estimate of drug-likeness (QED) is 0.190. The predicted molar refractivity (Wildman–Crippen MR) is 141 cm³/mol. The van der Waals surface area contributed by atoms with Gasteiger partial charge in [0.1, 0.15) is 0 Å². The molecule has 6 heteroatoms. The maximum Gasteiger partial charge on any atom is 0.257 e. The minimum Gasteiger partial charge on any atom is -0.322 e. The van der Waals surface area contributed by atoms with Crippen molar-refractivity contribution in [1.29, 1.82) is 0 Å². The Hall–Kier alpha value is -3.05. The molecular weight excluding hydrogens is 485 g/mol. The summed E-state index contributed by atoms with van der Waals surface area (Å²) in [6.07, 6.45) is 0.869. The first-order chi connectivity index (χ1) is 16.5. The lowest BCUT2D eigenvalue weighted by molar-refractivity contribution is 0.101. The number of hydrogen-bond acceptors (Lipinski definition) is 3. The number of carbonyl (C=O) groups excluding carboxylic acids is 2. The number of carbonyl (C=O) groups is 2. The van der Waals surface area contributed by atoms with Gasteiger partial charge < -0.3 is 5.32 Å². The zero-order valence-corrected chi connectivity index (χ0v) is 20.3. The fraction of sp³-hybridized carbons (Fsp3) is 0.0714. The summed E-state index contributed by atoms with van der Waals surface area (Å²) in [5.41, 5.74) is 6.73. The fourth-order valence-electron chi connectivity index (χ4n) is 4.06. The molecule has 3 nitrogen and oxygen atoms in total. The van der Waals surface area contributed by atoms with Crippen LogP contribution in [0.2, 0.25) is 10.0 Å². The maximum absolute atomic E-state index is 12.8. The summed E-state index contributed by atoms with van der Waals surface area (Å²) < 4.78 is 0. The molecule has 0 fully saturated rings. The van der Waals surface area contributed by atoms with Gasteiger partial charge in [-0.05, 0) is 77.2 Å². The minimum atomic E-state index is -0.309. The van der Waals surface area contributed by atoms with Crippen LogP contribution in [-0.2, 0) is 6.42 Å². The molecule has 168 valence electrons. The summed E-state index contributed by atoms with van der Waals surface area (Å²) in [4.78, 5) is 26.2. The zero-order chi connectivity index (χ0) is 23.7. The van der Waals surface area contributed by atoms with Gasteiger partial charge in [0.15, 0.2) is 5.78 Å². The highest BCUT2D eigenvalue weighted by Crippen LogP contribution is 2.37. The topological polar surface area (TPSA) is 46.2 Å². The third kappa shape index (κ3) is 4.76. The van der Waals surface area contributed by atoms with Gasteiger partial charge in [-0.3, -0.25) is 9.59 Å². The first-order valence-corrected chi connectivity index (χ1v) is 12.5. The number of hydrogen-bond donors (Lipinski definition) is 1. The molecule has 0 atom stereocenters. The van der Waals surface area contributed by atoms with E-state index in [9.17, 15) is 9.59 Å². The number of amides is 1. The first kappa shape index (κ1) is 22.7. The highest BCUT2D eigenvalue weighted by molar-refractivity contribution is 8.00. The smallest absolute Gasteiger partial charge is 0.257 e. The van der Waals surface area contributed by atoms with E-state index < -0.39 is 0 Å². The van der Waals surface area contributed by atoms with Crippen molar-refractivity contribution < 1.29 is 9.59 Å². The van der Waals surface area contributed by atoms with Gasteiger partial charge >= 0.3 is 0 Å². The Bertz CT molecular complexity index is 1420. The van der Waals surface area contributed by atoms with Gasteiger partial charge in [0.2, 0.25) is 0 Å². The molecule has 1 aliphatic carbocycles. The third-order valence-electron chi connectivity index (χ3n) is 5.77. The van der Waals surface area contributed by atoms with Crippen LogP contribution in [0.1, 0.15) is 31.8 Å². The highest BCUT2D eigenvalue weighted by Gasteiger charge is 2.19. The second kappa shape index (κ2) is 9.67. The molecule has 0 saturated heterocycles. The summed E-state index contributed by atoms with van der Waals surface area (Å²) in [6.45, 7) is 0. The van der Waals surface area contributed by atoms with E-state index in [-0.39, 0.29) is 11.7 Å². The van der Waals surface area contributed by atoms with E-state index in [1.54, 1.807) is 24.3 Å². The SMILES string of the molecule is O=C(CSc1ccc(NC(=O)c2ccc(Cl)cc2Cl)cc1)c1ccc2c(c1)Cc1ccccc1-2. The van der Waals surface area contributed by atoms with Crippen LogP contribution < -0.4 is 5.32 Å². The van der Waals surface area contributed by atoms with Gasteiger partial charge in [0.05, 0.1) is 16.3 Å². The summed E-state index contributed by atoms with van der Waals surface area (Å²) in [5.74, 6) is 0.132. The molecule has 0 unspecified atom stereocenters. The van der Waals surface area contributed by atoms with Gasteiger partial charge in [-0.25, -0.2) is 0 Å². The third-order valence-corrected chi connectivity index (χ3v) is 7.33. The highest BCUT2D eigenvalue weighted by atomic mass is 35.5. The molecule has 1 N–H and O–H groups in total. The van der Waals surface area contributed by atoms with Crippen molar-refractivity contribution >= 4 is 52.3 Å². The number of rotatable bonds is 6. The Balaban J connectivity index is 1.19. The lowest BCUT2D eigenvalue weighted by Crippen LogP contribution is -2.12. The van der Waals surface area contributed by atoms with Gasteiger partial charge in [0.25, 0.3) is 5.91 Å². The average molecular weight is 504 g/mol. The Morgan fingerprint density at radius 1 is 0.824 bits per heavy atom. The van der Waals surface area contributed by atoms with Crippen LogP contribution in [-0.4, -0.2) is 17.4 Å². The number of nitrogens with one attached hydrogen (secondary N) is 1. The van der Waals surface area contributed by atoms with Crippen molar-refractivity contribution in [1.82, 2.24) is 0 Å². The summed E-state index contributed by atoms with van der Waals surface area (Å²) in [7, 11) is 0. The Labute approximate surface area is 212 Å². The minimum absolute atomic E-state index is 0.0958. The second-order valence-corrected chi connectivity index (χ2v) is 9.91. The number of fused-ring (bicyclic) bond motifs is 3. The van der Waals surface area contributed by atoms with Crippen LogP contribution in [0.15, 0.2) is 89.8 Å². The molecule has 4 aromatic rings. The number of anilines is 1. The van der Waals surface area contributed by atoms with E-state index in [0.29, 0.717) is 27.0 Å². The van der Waals surface area contributed by atoms with Gasteiger partial charge in [-0.1, -0.05) is 59.6 Å². The van der Waals surface area contributed by atoms with Crippen molar-refractivity contribution in [3.8, 4) is 11.1 Å². The van der Waals surface area contributed by atoms with Crippen molar-refractivity contribution in [3.63, 3.8) is 0 Å². The fourth-order valence-corrected chi connectivity index (χ4v) is 5.34. The lowest BCUT2D eigenvalue weighted by atomic mass is 10.0. The van der Waals surface area contributed by atoms with Crippen LogP contribution in [0, 0.1) is 0 Å². The molecule has 0 saturated carbocycles. The Morgan fingerprint density at radius 3 is 2.38 bits per heavy atom. The van der Waals surface area contributed by atoms with E-state index in [1.165, 1.54) is 40.1 Å². The van der Waals surface area contributed by atoms with E-state index in [2.05, 4.69) is 29.6 Å². The monoisotopic (exact) mass is 503 g/mol. The maximum atomic E-state index is 12.8. The van der Waals surface area contributed by atoms with E-state index in [0.717, 1.165) is 16.9 Å². The first-order valence-electron chi connectivity index (χ1n) is 10.7. The van der Waals surface area contributed by atoms with Crippen molar-refractivity contribution in [2.45, 2.75) is 11.3 Å². The predicted octanol–water partition coefficient (Wildman–Crippen LogP) is 7.79. The average Bonchev–Trinajstić information content (AvgIpc) is 3.21. The number of ketones is 1. The molecule has 0 bridgehead atoms. The molecule has 0 radical (unpaired) electrons. The summed E-state index contributed by atoms with van der Waals surface area (Å²) in [6, 6.07) is 26.5. The van der Waals surface area contributed by atoms with E-state index >= 15 is 0 Å².